The Morgan fingerprint density at radius 2 is 2.00 bits per heavy atom. The zero-order valence-corrected chi connectivity index (χ0v) is 13.5. The molecule has 0 bridgehead atoms. The molecule has 1 aliphatic rings. The van der Waals surface area contributed by atoms with Gasteiger partial charge in [0.1, 0.15) is 0 Å². The van der Waals surface area contributed by atoms with E-state index in [2.05, 4.69) is 39.7 Å². The van der Waals surface area contributed by atoms with Crippen LogP contribution in [0.4, 0.5) is 0 Å². The summed E-state index contributed by atoms with van der Waals surface area (Å²) in [5.74, 6) is 0.271. The van der Waals surface area contributed by atoms with E-state index in [0.29, 0.717) is 6.42 Å². The van der Waals surface area contributed by atoms with E-state index < -0.39 is 8.07 Å². The van der Waals surface area contributed by atoms with Gasteiger partial charge in [-0.1, -0.05) is 44.8 Å². The zero-order chi connectivity index (χ0) is 14.1. The Morgan fingerprint density at radius 1 is 1.44 bits per heavy atom. The van der Waals surface area contributed by atoms with Crippen LogP contribution < -0.4 is 0 Å². The molecule has 2 heteroatoms. The van der Waals surface area contributed by atoms with Gasteiger partial charge < -0.3 is 0 Å². The minimum absolute atomic E-state index is 0.0698. The van der Waals surface area contributed by atoms with Crippen molar-refractivity contribution < 1.29 is 4.79 Å². The molecule has 0 N–H and O–H groups in total. The minimum atomic E-state index is -1.12. The molecule has 0 saturated heterocycles. The quantitative estimate of drug-likeness (QED) is 0.516. The fourth-order valence-corrected chi connectivity index (χ4v) is 4.73. The second-order valence-electron chi connectivity index (χ2n) is 7.07. The number of hydrogen-bond acceptors (Lipinski definition) is 1. The average molecular weight is 262 g/mol. The Hall–Kier alpha value is -0.893. The summed E-state index contributed by atoms with van der Waals surface area (Å²) in [5.41, 5.74) is 3.25. The minimum Gasteiger partial charge on any atom is -0.295 e. The number of carbonyl (C=O) groups is 1. The number of ketones is 1. The van der Waals surface area contributed by atoms with E-state index in [9.17, 15) is 4.79 Å². The third kappa shape index (κ3) is 3.32. The molecule has 0 spiro atoms. The van der Waals surface area contributed by atoms with E-state index >= 15 is 0 Å². The summed E-state index contributed by atoms with van der Waals surface area (Å²) in [5, 5.41) is 0. The smallest absolute Gasteiger partial charge is 0.159 e. The second-order valence-corrected chi connectivity index (χ2v) is 12.5. The van der Waals surface area contributed by atoms with Crippen LogP contribution in [0.1, 0.15) is 26.7 Å². The van der Waals surface area contributed by atoms with Gasteiger partial charge in [0.05, 0.1) is 0 Å². The molecule has 0 aromatic carbocycles. The molecule has 18 heavy (non-hydrogen) atoms. The van der Waals surface area contributed by atoms with Crippen molar-refractivity contribution in [2.75, 3.05) is 0 Å². The van der Waals surface area contributed by atoms with Crippen LogP contribution in [0.5, 0.6) is 0 Å². The number of carbonyl (C=O) groups excluding carboxylic acids is 1. The second kappa shape index (κ2) is 5.00. The first kappa shape index (κ1) is 15.2. The molecule has 1 unspecified atom stereocenters. The maximum atomic E-state index is 11.9. The van der Waals surface area contributed by atoms with E-state index in [1.807, 2.05) is 13.0 Å². The van der Waals surface area contributed by atoms with Gasteiger partial charge in [0.25, 0.3) is 0 Å². The largest absolute Gasteiger partial charge is 0.295 e. The van der Waals surface area contributed by atoms with Crippen molar-refractivity contribution in [3.05, 3.63) is 36.0 Å². The standard InChI is InChI=1S/C16H26OSi/c1-8-14-13(3)15(17)10-16(14,4)9-12(2)11-18(5,6)7/h8H,1-2,9-11H2,3-7H3. The number of allylic oxidation sites excluding steroid dienone is 4. The van der Waals surface area contributed by atoms with Crippen molar-refractivity contribution >= 4 is 13.9 Å². The molecule has 1 atom stereocenters. The summed E-state index contributed by atoms with van der Waals surface area (Å²) in [4.78, 5) is 11.9. The predicted molar refractivity (Wildman–Crippen MR) is 82.5 cm³/mol. The van der Waals surface area contributed by atoms with Gasteiger partial charge in [-0.25, -0.2) is 0 Å². The fourth-order valence-electron chi connectivity index (χ4n) is 3.11. The van der Waals surface area contributed by atoms with Gasteiger partial charge >= 0.3 is 0 Å². The summed E-state index contributed by atoms with van der Waals surface area (Å²) in [6, 6.07) is 1.14. The SMILES string of the molecule is C=CC1=C(C)C(=O)CC1(C)CC(=C)C[Si](C)(C)C. The predicted octanol–water partition coefficient (Wildman–Crippen LogP) is 4.75. The van der Waals surface area contributed by atoms with Gasteiger partial charge in [-0.2, -0.15) is 0 Å². The van der Waals surface area contributed by atoms with Crippen LogP contribution in [0, 0.1) is 5.41 Å². The van der Waals surface area contributed by atoms with Crippen molar-refractivity contribution in [3.8, 4) is 0 Å². The van der Waals surface area contributed by atoms with Crippen molar-refractivity contribution in [1.29, 1.82) is 0 Å². The molecular formula is C16H26OSi. The lowest BCUT2D eigenvalue weighted by Crippen LogP contribution is -2.23. The zero-order valence-electron chi connectivity index (χ0n) is 12.5. The first-order chi connectivity index (χ1) is 8.09. The normalized spacial score (nSPS) is 24.6. The lowest BCUT2D eigenvalue weighted by Gasteiger charge is -2.29. The third-order valence-electron chi connectivity index (χ3n) is 3.65. The molecule has 0 fully saturated rings. The number of Topliss-reactive ketones (excluding diaryl/α,β-unsaturated/α-hetero) is 1. The van der Waals surface area contributed by atoms with E-state index in [4.69, 9.17) is 0 Å². The third-order valence-corrected chi connectivity index (χ3v) is 5.21. The maximum Gasteiger partial charge on any atom is 0.159 e. The summed E-state index contributed by atoms with van der Waals surface area (Å²) in [7, 11) is -1.12. The van der Waals surface area contributed by atoms with Crippen molar-refractivity contribution in [3.63, 3.8) is 0 Å². The van der Waals surface area contributed by atoms with Crippen molar-refractivity contribution in [1.82, 2.24) is 0 Å². The summed E-state index contributed by atoms with van der Waals surface area (Å²) in [6.45, 7) is 19.3. The number of hydrogen-bond donors (Lipinski definition) is 0. The molecule has 0 heterocycles. The first-order valence-corrected chi connectivity index (χ1v) is 10.3. The Labute approximate surface area is 113 Å². The van der Waals surface area contributed by atoms with Gasteiger partial charge in [-0.05, 0) is 30.5 Å². The number of rotatable bonds is 5. The van der Waals surface area contributed by atoms with Gasteiger partial charge in [-0.3, -0.25) is 4.79 Å². The Morgan fingerprint density at radius 3 is 2.44 bits per heavy atom. The molecule has 0 radical (unpaired) electrons. The van der Waals surface area contributed by atoms with Crippen LogP contribution in [-0.2, 0) is 4.79 Å². The average Bonchev–Trinajstić information content (AvgIpc) is 2.33. The van der Waals surface area contributed by atoms with Gasteiger partial charge in [0.2, 0.25) is 0 Å². The highest BCUT2D eigenvalue weighted by Crippen LogP contribution is 2.46. The van der Waals surface area contributed by atoms with Crippen molar-refractivity contribution in [2.45, 2.75) is 52.4 Å². The molecule has 0 aliphatic heterocycles. The topological polar surface area (TPSA) is 17.1 Å². The lowest BCUT2D eigenvalue weighted by atomic mass is 9.78. The lowest BCUT2D eigenvalue weighted by molar-refractivity contribution is -0.115. The molecule has 0 amide bonds. The van der Waals surface area contributed by atoms with E-state index in [0.717, 1.165) is 23.6 Å². The van der Waals surface area contributed by atoms with Crippen LogP contribution in [-0.4, -0.2) is 13.9 Å². The molecule has 0 aromatic heterocycles. The molecule has 0 saturated carbocycles. The van der Waals surface area contributed by atoms with Gasteiger partial charge in [-0.15, -0.1) is 6.58 Å². The van der Waals surface area contributed by atoms with Gasteiger partial charge in [0.15, 0.2) is 5.78 Å². The van der Waals surface area contributed by atoms with E-state index in [-0.39, 0.29) is 11.2 Å². The highest BCUT2D eigenvalue weighted by atomic mass is 28.3. The van der Waals surface area contributed by atoms with Crippen LogP contribution in [0.3, 0.4) is 0 Å². The van der Waals surface area contributed by atoms with Gasteiger partial charge in [0, 0.05) is 19.9 Å². The highest BCUT2D eigenvalue weighted by Gasteiger charge is 2.39. The molecule has 1 rings (SSSR count). The molecule has 100 valence electrons. The molecular weight excluding hydrogens is 236 g/mol. The van der Waals surface area contributed by atoms with E-state index in [1.54, 1.807) is 0 Å². The van der Waals surface area contributed by atoms with Crippen LogP contribution in [0.15, 0.2) is 36.0 Å². The highest BCUT2D eigenvalue weighted by molar-refractivity contribution is 6.76. The summed E-state index contributed by atoms with van der Waals surface area (Å²) < 4.78 is 0. The monoisotopic (exact) mass is 262 g/mol. The molecule has 1 aliphatic carbocycles. The van der Waals surface area contributed by atoms with Crippen LogP contribution >= 0.6 is 0 Å². The van der Waals surface area contributed by atoms with Crippen LogP contribution in [0.25, 0.3) is 0 Å². The molecule has 0 aromatic rings. The fraction of sp³-hybridized carbons (Fsp3) is 0.562. The van der Waals surface area contributed by atoms with Crippen LogP contribution in [0.2, 0.25) is 25.7 Å². The summed E-state index contributed by atoms with van der Waals surface area (Å²) in [6.07, 6.45) is 3.40. The van der Waals surface area contributed by atoms with Crippen molar-refractivity contribution in [2.24, 2.45) is 5.41 Å². The first-order valence-electron chi connectivity index (χ1n) is 6.63. The Balaban J connectivity index is 2.87. The Bertz CT molecular complexity index is 423. The Kier molecular flexibility index (Phi) is 4.21. The maximum absolute atomic E-state index is 11.9. The van der Waals surface area contributed by atoms with E-state index in [1.165, 1.54) is 5.57 Å². The summed E-state index contributed by atoms with van der Waals surface area (Å²) >= 11 is 0. The molecule has 1 nitrogen and oxygen atoms in total.